The minimum absolute atomic E-state index is 0.206. The van der Waals surface area contributed by atoms with Crippen molar-refractivity contribution < 1.29 is 4.74 Å². The maximum Gasteiger partial charge on any atom is 0.112 e. The fraction of sp³-hybridized carbons (Fsp3) is 0.455. The van der Waals surface area contributed by atoms with Gasteiger partial charge in [0.25, 0.3) is 0 Å². The Bertz CT molecular complexity index is 260. The molecule has 0 aliphatic carbocycles. The quantitative estimate of drug-likeness (QED) is 0.740. The van der Waals surface area contributed by atoms with Gasteiger partial charge < -0.3 is 4.74 Å². The van der Waals surface area contributed by atoms with Crippen molar-refractivity contribution in [2.75, 3.05) is 6.54 Å². The van der Waals surface area contributed by atoms with Crippen LogP contribution in [0.3, 0.4) is 0 Å². The van der Waals surface area contributed by atoms with Gasteiger partial charge in [-0.2, -0.15) is 0 Å². The van der Waals surface area contributed by atoms with Crippen LogP contribution in [-0.4, -0.2) is 18.9 Å². The Morgan fingerprint density at radius 1 is 1.38 bits per heavy atom. The summed E-state index contributed by atoms with van der Waals surface area (Å²) in [7, 11) is 0. The summed E-state index contributed by atoms with van der Waals surface area (Å²) < 4.78 is 5.65. The highest BCUT2D eigenvalue weighted by Gasteiger charge is 2.20. The maximum absolute atomic E-state index is 5.65. The number of ether oxygens (including phenoxy) is 1. The molecular weight excluding hydrogens is 162 g/mol. The average molecular weight is 177 g/mol. The molecule has 13 heavy (non-hydrogen) atoms. The predicted molar refractivity (Wildman–Crippen MR) is 52.5 cm³/mol. The molecule has 2 atom stereocenters. The summed E-state index contributed by atoms with van der Waals surface area (Å²) in [5.41, 5.74) is 1.33. The fourth-order valence-corrected chi connectivity index (χ4v) is 1.62. The van der Waals surface area contributed by atoms with Crippen LogP contribution in [0.15, 0.2) is 30.3 Å². The number of benzene rings is 1. The first-order valence-corrected chi connectivity index (χ1v) is 4.77. The molecule has 1 aliphatic rings. The van der Waals surface area contributed by atoms with Crippen molar-refractivity contribution in [2.45, 2.75) is 25.7 Å². The molecule has 2 nitrogen and oxygen atoms in total. The van der Waals surface area contributed by atoms with Crippen LogP contribution in [0.1, 0.15) is 12.5 Å². The van der Waals surface area contributed by atoms with Gasteiger partial charge in [0, 0.05) is 13.0 Å². The Hall–Kier alpha value is -0.860. The third-order valence-electron chi connectivity index (χ3n) is 2.29. The molecule has 1 aliphatic heterocycles. The van der Waals surface area contributed by atoms with Crippen molar-refractivity contribution in [3.8, 4) is 0 Å². The first-order valence-electron chi connectivity index (χ1n) is 4.77. The van der Waals surface area contributed by atoms with E-state index in [1.54, 1.807) is 0 Å². The van der Waals surface area contributed by atoms with E-state index in [2.05, 4.69) is 36.5 Å². The van der Waals surface area contributed by atoms with Crippen LogP contribution in [0.2, 0.25) is 0 Å². The lowest BCUT2D eigenvalue weighted by Crippen LogP contribution is -2.24. The van der Waals surface area contributed by atoms with Gasteiger partial charge in [0.1, 0.15) is 6.23 Å². The summed E-state index contributed by atoms with van der Waals surface area (Å²) in [6.07, 6.45) is 1.52. The Morgan fingerprint density at radius 2 is 2.15 bits per heavy atom. The molecule has 1 saturated heterocycles. The highest BCUT2D eigenvalue weighted by molar-refractivity contribution is 5.15. The zero-order valence-electron chi connectivity index (χ0n) is 7.86. The molecule has 1 heterocycles. The average Bonchev–Trinajstić information content (AvgIpc) is 2.53. The number of hydrogen-bond acceptors (Lipinski definition) is 2. The van der Waals surface area contributed by atoms with Crippen molar-refractivity contribution in [1.82, 2.24) is 5.32 Å². The Labute approximate surface area is 78.9 Å². The van der Waals surface area contributed by atoms with E-state index in [-0.39, 0.29) is 6.23 Å². The molecule has 70 valence electrons. The van der Waals surface area contributed by atoms with Gasteiger partial charge in [-0.05, 0) is 12.5 Å². The van der Waals surface area contributed by atoms with Crippen molar-refractivity contribution in [3.05, 3.63) is 35.9 Å². The summed E-state index contributed by atoms with van der Waals surface area (Å²) in [6.45, 7) is 3.06. The molecule has 2 unspecified atom stereocenters. The second-order valence-corrected chi connectivity index (χ2v) is 3.53. The van der Waals surface area contributed by atoms with E-state index in [1.807, 2.05) is 6.07 Å². The van der Waals surface area contributed by atoms with Gasteiger partial charge in [0.15, 0.2) is 0 Å². The van der Waals surface area contributed by atoms with Gasteiger partial charge in [-0.3, -0.25) is 5.32 Å². The largest absolute Gasteiger partial charge is 0.359 e. The van der Waals surface area contributed by atoms with Crippen molar-refractivity contribution in [1.29, 1.82) is 0 Å². The minimum Gasteiger partial charge on any atom is -0.359 e. The van der Waals surface area contributed by atoms with Crippen LogP contribution in [0.4, 0.5) is 0 Å². The summed E-state index contributed by atoms with van der Waals surface area (Å²) in [5, 5.41) is 3.33. The fourth-order valence-electron chi connectivity index (χ4n) is 1.62. The van der Waals surface area contributed by atoms with E-state index in [0.29, 0.717) is 6.10 Å². The zero-order chi connectivity index (χ0) is 9.10. The molecule has 1 aromatic rings. The Balaban J connectivity index is 1.92. The molecule has 2 heteroatoms. The lowest BCUT2D eigenvalue weighted by molar-refractivity contribution is 0.0520. The van der Waals surface area contributed by atoms with Crippen LogP contribution in [-0.2, 0) is 11.2 Å². The smallest absolute Gasteiger partial charge is 0.112 e. The van der Waals surface area contributed by atoms with Gasteiger partial charge in [-0.1, -0.05) is 30.3 Å². The lowest BCUT2D eigenvalue weighted by atomic mass is 10.1. The molecule has 1 fully saturated rings. The standard InChI is InChI=1S/C11H15NO/c1-9-8-12-11(13-9)7-10-5-3-2-4-6-10/h2-6,9,11-12H,7-8H2,1H3. The molecule has 0 spiro atoms. The van der Waals surface area contributed by atoms with E-state index >= 15 is 0 Å². The Kier molecular flexibility index (Phi) is 2.62. The predicted octanol–water partition coefficient (Wildman–Crippen LogP) is 1.56. The first-order chi connectivity index (χ1) is 6.34. The molecule has 2 rings (SSSR count). The molecule has 1 aromatic carbocycles. The molecule has 0 bridgehead atoms. The van der Waals surface area contributed by atoms with Crippen molar-refractivity contribution >= 4 is 0 Å². The third kappa shape index (κ3) is 2.29. The molecule has 0 saturated carbocycles. The highest BCUT2D eigenvalue weighted by Crippen LogP contribution is 2.10. The highest BCUT2D eigenvalue weighted by atomic mass is 16.5. The summed E-state index contributed by atoms with van der Waals surface area (Å²) >= 11 is 0. The SMILES string of the molecule is CC1CNC(Cc2ccccc2)O1. The van der Waals surface area contributed by atoms with Crippen molar-refractivity contribution in [3.63, 3.8) is 0 Å². The van der Waals surface area contributed by atoms with Gasteiger partial charge in [-0.15, -0.1) is 0 Å². The molecule has 1 N–H and O–H groups in total. The van der Waals surface area contributed by atoms with Crippen LogP contribution >= 0.6 is 0 Å². The minimum atomic E-state index is 0.206. The number of nitrogens with one attached hydrogen (secondary N) is 1. The van der Waals surface area contributed by atoms with E-state index in [1.165, 1.54) is 5.56 Å². The van der Waals surface area contributed by atoms with Crippen LogP contribution in [0.5, 0.6) is 0 Å². The molecule has 0 radical (unpaired) electrons. The summed E-state index contributed by atoms with van der Waals surface area (Å²) in [4.78, 5) is 0. The van der Waals surface area contributed by atoms with Gasteiger partial charge in [-0.25, -0.2) is 0 Å². The van der Waals surface area contributed by atoms with E-state index < -0.39 is 0 Å². The number of hydrogen-bond donors (Lipinski definition) is 1. The monoisotopic (exact) mass is 177 g/mol. The third-order valence-corrected chi connectivity index (χ3v) is 2.29. The Morgan fingerprint density at radius 3 is 2.77 bits per heavy atom. The van der Waals surface area contributed by atoms with Gasteiger partial charge in [0.05, 0.1) is 6.10 Å². The first kappa shape index (κ1) is 8.73. The lowest BCUT2D eigenvalue weighted by Gasteiger charge is -2.10. The summed E-state index contributed by atoms with van der Waals surface area (Å²) in [6, 6.07) is 10.4. The normalized spacial score (nSPS) is 27.8. The topological polar surface area (TPSA) is 21.3 Å². The van der Waals surface area contributed by atoms with Crippen LogP contribution < -0.4 is 5.32 Å². The maximum atomic E-state index is 5.65. The van der Waals surface area contributed by atoms with Crippen LogP contribution in [0.25, 0.3) is 0 Å². The molecule has 0 amide bonds. The second-order valence-electron chi connectivity index (χ2n) is 3.53. The van der Waals surface area contributed by atoms with E-state index in [0.717, 1.165) is 13.0 Å². The van der Waals surface area contributed by atoms with Crippen LogP contribution in [0, 0.1) is 0 Å². The second kappa shape index (κ2) is 3.90. The zero-order valence-corrected chi connectivity index (χ0v) is 7.86. The van der Waals surface area contributed by atoms with E-state index in [9.17, 15) is 0 Å². The molecule has 0 aromatic heterocycles. The van der Waals surface area contributed by atoms with E-state index in [4.69, 9.17) is 4.74 Å². The van der Waals surface area contributed by atoms with Crippen molar-refractivity contribution in [2.24, 2.45) is 0 Å². The molecular formula is C11H15NO. The van der Waals surface area contributed by atoms with Gasteiger partial charge in [0.2, 0.25) is 0 Å². The summed E-state index contributed by atoms with van der Waals surface area (Å²) in [5.74, 6) is 0. The number of rotatable bonds is 2. The van der Waals surface area contributed by atoms with Gasteiger partial charge >= 0.3 is 0 Å².